The number of rotatable bonds is 4. The second-order valence-electron chi connectivity index (χ2n) is 4.93. The van der Waals surface area contributed by atoms with Crippen LogP contribution < -0.4 is 5.73 Å². The summed E-state index contributed by atoms with van der Waals surface area (Å²) in [7, 11) is 0. The standard InChI is InChI=1S/C14H21N3/c1-4-13-16-14-11(15)6-5-7-12(14)17(13)9-8-10(2)3/h5-7,10H,4,8-9,15H2,1-3H3. The number of nitrogens with two attached hydrogens (primary N) is 1. The van der Waals surface area contributed by atoms with E-state index in [0.29, 0.717) is 5.92 Å². The summed E-state index contributed by atoms with van der Waals surface area (Å²) in [4.78, 5) is 4.65. The zero-order valence-electron chi connectivity index (χ0n) is 10.9. The molecule has 92 valence electrons. The molecule has 0 unspecified atom stereocenters. The fourth-order valence-electron chi connectivity index (χ4n) is 2.12. The lowest BCUT2D eigenvalue weighted by atomic mass is 10.1. The van der Waals surface area contributed by atoms with Crippen molar-refractivity contribution >= 4 is 16.7 Å². The van der Waals surface area contributed by atoms with Crippen LogP contribution in [0, 0.1) is 5.92 Å². The third-order valence-electron chi connectivity index (χ3n) is 3.14. The topological polar surface area (TPSA) is 43.8 Å². The molecule has 0 aliphatic heterocycles. The van der Waals surface area contributed by atoms with E-state index in [1.54, 1.807) is 0 Å². The Morgan fingerprint density at radius 1 is 1.35 bits per heavy atom. The maximum atomic E-state index is 5.97. The van der Waals surface area contributed by atoms with Gasteiger partial charge in [-0.2, -0.15) is 0 Å². The normalized spacial score (nSPS) is 11.5. The molecule has 0 aliphatic rings. The van der Waals surface area contributed by atoms with Crippen LogP contribution in [0.3, 0.4) is 0 Å². The lowest BCUT2D eigenvalue weighted by Crippen LogP contribution is -2.05. The Labute approximate surface area is 103 Å². The maximum Gasteiger partial charge on any atom is 0.112 e. The van der Waals surface area contributed by atoms with Crippen LogP contribution >= 0.6 is 0 Å². The SMILES string of the molecule is CCc1nc2c(N)cccc2n1CCC(C)C. The van der Waals surface area contributed by atoms with E-state index in [0.717, 1.165) is 30.0 Å². The molecular weight excluding hydrogens is 210 g/mol. The van der Waals surface area contributed by atoms with Crippen LogP contribution in [0.5, 0.6) is 0 Å². The minimum Gasteiger partial charge on any atom is -0.397 e. The molecule has 3 heteroatoms. The van der Waals surface area contributed by atoms with Gasteiger partial charge in [0.05, 0.1) is 11.2 Å². The summed E-state index contributed by atoms with van der Waals surface area (Å²) in [6.45, 7) is 7.67. The van der Waals surface area contributed by atoms with Gasteiger partial charge in [0.1, 0.15) is 11.3 Å². The van der Waals surface area contributed by atoms with Crippen molar-refractivity contribution in [2.24, 2.45) is 5.92 Å². The summed E-state index contributed by atoms with van der Waals surface area (Å²) in [5, 5.41) is 0. The Morgan fingerprint density at radius 3 is 2.76 bits per heavy atom. The highest BCUT2D eigenvalue weighted by molar-refractivity contribution is 5.87. The number of anilines is 1. The molecule has 0 radical (unpaired) electrons. The summed E-state index contributed by atoms with van der Waals surface area (Å²) in [6.07, 6.45) is 2.12. The average Bonchev–Trinajstić information content (AvgIpc) is 2.66. The van der Waals surface area contributed by atoms with Gasteiger partial charge in [-0.15, -0.1) is 0 Å². The number of hydrogen-bond acceptors (Lipinski definition) is 2. The van der Waals surface area contributed by atoms with Crippen LogP contribution in [0.1, 0.15) is 33.0 Å². The molecule has 1 aromatic heterocycles. The Morgan fingerprint density at radius 2 is 2.12 bits per heavy atom. The first-order chi connectivity index (χ1) is 8.13. The molecule has 0 saturated carbocycles. The fourth-order valence-corrected chi connectivity index (χ4v) is 2.12. The van der Waals surface area contributed by atoms with E-state index in [9.17, 15) is 0 Å². The third-order valence-corrected chi connectivity index (χ3v) is 3.14. The molecule has 0 aliphatic carbocycles. The molecule has 0 atom stereocenters. The van der Waals surface area contributed by atoms with E-state index in [1.165, 1.54) is 11.9 Å². The Hall–Kier alpha value is -1.51. The van der Waals surface area contributed by atoms with Crippen molar-refractivity contribution in [3.05, 3.63) is 24.0 Å². The van der Waals surface area contributed by atoms with Crippen molar-refractivity contribution in [2.75, 3.05) is 5.73 Å². The van der Waals surface area contributed by atoms with E-state index in [-0.39, 0.29) is 0 Å². The quantitative estimate of drug-likeness (QED) is 0.821. The largest absolute Gasteiger partial charge is 0.397 e. The number of fused-ring (bicyclic) bond motifs is 1. The lowest BCUT2D eigenvalue weighted by Gasteiger charge is -2.10. The number of aromatic nitrogens is 2. The molecule has 3 nitrogen and oxygen atoms in total. The first-order valence-corrected chi connectivity index (χ1v) is 6.37. The fraction of sp³-hybridized carbons (Fsp3) is 0.500. The molecule has 0 amide bonds. The maximum absolute atomic E-state index is 5.97. The van der Waals surface area contributed by atoms with Crippen molar-refractivity contribution in [1.82, 2.24) is 9.55 Å². The Bertz CT molecular complexity index is 511. The monoisotopic (exact) mass is 231 g/mol. The number of benzene rings is 1. The predicted octanol–water partition coefficient (Wildman–Crippen LogP) is 3.23. The van der Waals surface area contributed by atoms with Gasteiger partial charge in [-0.05, 0) is 24.5 Å². The van der Waals surface area contributed by atoms with Crippen molar-refractivity contribution in [3.63, 3.8) is 0 Å². The molecule has 1 heterocycles. The first-order valence-electron chi connectivity index (χ1n) is 6.37. The molecule has 2 rings (SSSR count). The van der Waals surface area contributed by atoms with Gasteiger partial charge in [0.15, 0.2) is 0 Å². The van der Waals surface area contributed by atoms with E-state index in [4.69, 9.17) is 5.73 Å². The number of nitrogen functional groups attached to an aromatic ring is 1. The van der Waals surface area contributed by atoms with Gasteiger partial charge in [-0.1, -0.05) is 26.8 Å². The number of para-hydroxylation sites is 1. The zero-order valence-corrected chi connectivity index (χ0v) is 10.9. The molecular formula is C14H21N3. The van der Waals surface area contributed by atoms with Crippen molar-refractivity contribution in [1.29, 1.82) is 0 Å². The summed E-state index contributed by atoms with van der Waals surface area (Å²) in [5.41, 5.74) is 8.87. The number of aryl methyl sites for hydroxylation is 2. The van der Waals surface area contributed by atoms with Gasteiger partial charge >= 0.3 is 0 Å². The minimum atomic E-state index is 0.707. The van der Waals surface area contributed by atoms with E-state index >= 15 is 0 Å². The third kappa shape index (κ3) is 2.28. The average molecular weight is 231 g/mol. The van der Waals surface area contributed by atoms with Crippen LogP contribution in [0.2, 0.25) is 0 Å². The number of imidazole rings is 1. The highest BCUT2D eigenvalue weighted by atomic mass is 15.1. The van der Waals surface area contributed by atoms with E-state index in [2.05, 4.69) is 36.4 Å². The predicted molar refractivity (Wildman–Crippen MR) is 73.0 cm³/mol. The summed E-state index contributed by atoms with van der Waals surface area (Å²) < 4.78 is 2.31. The molecule has 0 saturated heterocycles. The van der Waals surface area contributed by atoms with Gasteiger partial charge in [-0.25, -0.2) is 4.98 Å². The van der Waals surface area contributed by atoms with Crippen LogP contribution in [0.15, 0.2) is 18.2 Å². The van der Waals surface area contributed by atoms with Crippen LogP contribution in [0.25, 0.3) is 11.0 Å². The minimum absolute atomic E-state index is 0.707. The Kier molecular flexibility index (Phi) is 3.36. The Balaban J connectivity index is 2.47. The van der Waals surface area contributed by atoms with Crippen LogP contribution in [-0.4, -0.2) is 9.55 Å². The van der Waals surface area contributed by atoms with Crippen molar-refractivity contribution < 1.29 is 0 Å². The van der Waals surface area contributed by atoms with E-state index in [1.807, 2.05) is 12.1 Å². The van der Waals surface area contributed by atoms with Gasteiger partial charge in [-0.3, -0.25) is 0 Å². The molecule has 0 fully saturated rings. The molecule has 2 aromatic rings. The van der Waals surface area contributed by atoms with Gasteiger partial charge in [0.2, 0.25) is 0 Å². The van der Waals surface area contributed by atoms with Crippen molar-refractivity contribution in [3.8, 4) is 0 Å². The molecule has 2 N–H and O–H groups in total. The van der Waals surface area contributed by atoms with Crippen LogP contribution in [-0.2, 0) is 13.0 Å². The summed E-state index contributed by atoms with van der Waals surface area (Å²) in [6, 6.07) is 6.03. The zero-order chi connectivity index (χ0) is 12.4. The smallest absolute Gasteiger partial charge is 0.112 e. The number of hydrogen-bond donors (Lipinski definition) is 1. The van der Waals surface area contributed by atoms with Gasteiger partial charge in [0.25, 0.3) is 0 Å². The van der Waals surface area contributed by atoms with Crippen molar-refractivity contribution in [2.45, 2.75) is 40.2 Å². The van der Waals surface area contributed by atoms with Gasteiger partial charge in [0, 0.05) is 13.0 Å². The highest BCUT2D eigenvalue weighted by Gasteiger charge is 2.11. The van der Waals surface area contributed by atoms with E-state index < -0.39 is 0 Å². The lowest BCUT2D eigenvalue weighted by molar-refractivity contribution is 0.513. The molecule has 0 spiro atoms. The second-order valence-corrected chi connectivity index (χ2v) is 4.93. The summed E-state index contributed by atoms with van der Waals surface area (Å²) >= 11 is 0. The molecule has 17 heavy (non-hydrogen) atoms. The molecule has 1 aromatic carbocycles. The summed E-state index contributed by atoms with van der Waals surface area (Å²) in [5.74, 6) is 1.84. The second kappa shape index (κ2) is 4.78. The highest BCUT2D eigenvalue weighted by Crippen LogP contribution is 2.23. The number of nitrogens with zero attached hydrogens (tertiary/aromatic N) is 2. The van der Waals surface area contributed by atoms with Gasteiger partial charge < -0.3 is 10.3 Å². The van der Waals surface area contributed by atoms with Crippen LogP contribution in [0.4, 0.5) is 5.69 Å². The molecule has 0 bridgehead atoms. The first kappa shape index (κ1) is 12.0.